The van der Waals surface area contributed by atoms with E-state index in [0.29, 0.717) is 5.92 Å². The van der Waals surface area contributed by atoms with Crippen molar-refractivity contribution in [3.05, 3.63) is 0 Å². The molecule has 0 radical (unpaired) electrons. The van der Waals surface area contributed by atoms with Gasteiger partial charge in [-0.05, 0) is 25.2 Å². The second-order valence-corrected chi connectivity index (χ2v) is 4.79. The number of primary amides is 1. The van der Waals surface area contributed by atoms with Crippen LogP contribution < -0.4 is 16.4 Å². The predicted molar refractivity (Wildman–Crippen MR) is 63.7 cm³/mol. The summed E-state index contributed by atoms with van der Waals surface area (Å²) >= 11 is 0. The molecule has 3 unspecified atom stereocenters. The first kappa shape index (κ1) is 14.3. The third kappa shape index (κ3) is 4.60. The van der Waals surface area contributed by atoms with Crippen molar-refractivity contribution >= 4 is 17.9 Å². The SMILES string of the molecule is CC1CCC(NC(=O)NC(CC(N)=O)C(=O)O)C1. The molecular weight excluding hydrogens is 238 g/mol. The highest BCUT2D eigenvalue weighted by Crippen LogP contribution is 2.24. The molecule has 0 aromatic carbocycles. The molecule has 0 aromatic heterocycles. The molecule has 7 heteroatoms. The quantitative estimate of drug-likeness (QED) is 0.545. The molecule has 0 aliphatic heterocycles. The van der Waals surface area contributed by atoms with Gasteiger partial charge in [-0.25, -0.2) is 9.59 Å². The molecule has 1 saturated carbocycles. The molecule has 18 heavy (non-hydrogen) atoms. The Labute approximate surface area is 105 Å². The lowest BCUT2D eigenvalue weighted by atomic mass is 10.1. The maximum Gasteiger partial charge on any atom is 0.326 e. The summed E-state index contributed by atoms with van der Waals surface area (Å²) in [6, 6.07) is -1.77. The van der Waals surface area contributed by atoms with Crippen molar-refractivity contribution < 1.29 is 19.5 Å². The van der Waals surface area contributed by atoms with E-state index in [2.05, 4.69) is 17.6 Å². The average Bonchev–Trinajstić information content (AvgIpc) is 2.62. The van der Waals surface area contributed by atoms with Gasteiger partial charge in [-0.1, -0.05) is 6.92 Å². The van der Waals surface area contributed by atoms with E-state index in [4.69, 9.17) is 10.8 Å². The Morgan fingerprint density at radius 2 is 2.06 bits per heavy atom. The number of hydrogen-bond acceptors (Lipinski definition) is 3. The summed E-state index contributed by atoms with van der Waals surface area (Å²) in [7, 11) is 0. The van der Waals surface area contributed by atoms with Crippen LogP contribution in [0, 0.1) is 5.92 Å². The fraction of sp³-hybridized carbons (Fsp3) is 0.727. The van der Waals surface area contributed by atoms with Gasteiger partial charge < -0.3 is 21.5 Å². The van der Waals surface area contributed by atoms with E-state index in [1.807, 2.05) is 0 Å². The Balaban J connectivity index is 2.41. The molecule has 7 nitrogen and oxygen atoms in total. The van der Waals surface area contributed by atoms with Crippen LogP contribution in [0.3, 0.4) is 0 Å². The van der Waals surface area contributed by atoms with Crippen LogP contribution in [0.4, 0.5) is 4.79 Å². The summed E-state index contributed by atoms with van der Waals surface area (Å²) in [5, 5.41) is 13.8. The average molecular weight is 257 g/mol. The summed E-state index contributed by atoms with van der Waals surface area (Å²) < 4.78 is 0. The first-order valence-corrected chi connectivity index (χ1v) is 5.96. The lowest BCUT2D eigenvalue weighted by Crippen LogP contribution is -2.49. The molecule has 1 aliphatic carbocycles. The van der Waals surface area contributed by atoms with Gasteiger partial charge >= 0.3 is 12.0 Å². The van der Waals surface area contributed by atoms with Gasteiger partial charge in [-0.2, -0.15) is 0 Å². The fourth-order valence-corrected chi connectivity index (χ4v) is 2.12. The molecule has 102 valence electrons. The zero-order valence-electron chi connectivity index (χ0n) is 10.3. The Kier molecular flexibility index (Phi) is 4.94. The summed E-state index contributed by atoms with van der Waals surface area (Å²) in [6.07, 6.45) is 2.42. The molecule has 0 saturated heterocycles. The van der Waals surface area contributed by atoms with Crippen LogP contribution in [0.2, 0.25) is 0 Å². The number of urea groups is 1. The summed E-state index contributed by atoms with van der Waals surface area (Å²) in [5.41, 5.74) is 4.91. The molecule has 3 atom stereocenters. The summed E-state index contributed by atoms with van der Waals surface area (Å²) in [6.45, 7) is 2.10. The number of aliphatic carboxylic acids is 1. The van der Waals surface area contributed by atoms with Crippen molar-refractivity contribution in [3.63, 3.8) is 0 Å². The van der Waals surface area contributed by atoms with Gasteiger partial charge in [-0.15, -0.1) is 0 Å². The Morgan fingerprint density at radius 3 is 2.50 bits per heavy atom. The van der Waals surface area contributed by atoms with Crippen LogP contribution >= 0.6 is 0 Å². The number of carbonyl (C=O) groups excluding carboxylic acids is 2. The molecule has 1 rings (SSSR count). The molecule has 0 bridgehead atoms. The number of nitrogens with one attached hydrogen (secondary N) is 2. The van der Waals surface area contributed by atoms with Crippen molar-refractivity contribution in [2.75, 3.05) is 0 Å². The smallest absolute Gasteiger partial charge is 0.326 e. The van der Waals surface area contributed by atoms with Gasteiger partial charge in [0.1, 0.15) is 6.04 Å². The van der Waals surface area contributed by atoms with Crippen LogP contribution in [-0.4, -0.2) is 35.1 Å². The van der Waals surface area contributed by atoms with Crippen molar-refractivity contribution in [1.29, 1.82) is 0 Å². The number of carbonyl (C=O) groups is 3. The first-order chi connectivity index (χ1) is 8.38. The highest BCUT2D eigenvalue weighted by molar-refractivity contribution is 5.87. The van der Waals surface area contributed by atoms with E-state index < -0.39 is 30.4 Å². The van der Waals surface area contributed by atoms with E-state index in [1.54, 1.807) is 0 Å². The molecule has 5 N–H and O–H groups in total. The standard InChI is InChI=1S/C11H19N3O4/c1-6-2-3-7(4-6)13-11(18)14-8(10(16)17)5-9(12)15/h6-8H,2-5H2,1H3,(H2,12,15)(H,16,17)(H2,13,14,18). The fourth-order valence-electron chi connectivity index (χ4n) is 2.12. The minimum atomic E-state index is -1.28. The van der Waals surface area contributed by atoms with Gasteiger partial charge in [-0.3, -0.25) is 4.79 Å². The van der Waals surface area contributed by atoms with Crippen LogP contribution in [0.1, 0.15) is 32.6 Å². The monoisotopic (exact) mass is 257 g/mol. The number of hydrogen-bond donors (Lipinski definition) is 4. The molecule has 0 heterocycles. The van der Waals surface area contributed by atoms with Crippen LogP contribution in [-0.2, 0) is 9.59 Å². The van der Waals surface area contributed by atoms with Crippen molar-refractivity contribution in [1.82, 2.24) is 10.6 Å². The van der Waals surface area contributed by atoms with Crippen LogP contribution in [0.25, 0.3) is 0 Å². The third-order valence-electron chi connectivity index (χ3n) is 3.04. The first-order valence-electron chi connectivity index (χ1n) is 5.96. The predicted octanol–water partition coefficient (Wildman–Crippen LogP) is -0.197. The Hall–Kier alpha value is -1.79. The van der Waals surface area contributed by atoms with Gasteiger partial charge in [0.05, 0.1) is 6.42 Å². The van der Waals surface area contributed by atoms with E-state index in [0.717, 1.165) is 19.3 Å². The van der Waals surface area contributed by atoms with E-state index >= 15 is 0 Å². The Bertz CT molecular complexity index is 345. The van der Waals surface area contributed by atoms with E-state index in [9.17, 15) is 14.4 Å². The van der Waals surface area contributed by atoms with Crippen LogP contribution in [0.5, 0.6) is 0 Å². The van der Waals surface area contributed by atoms with Gasteiger partial charge in [0, 0.05) is 6.04 Å². The number of carboxylic acid groups (broad SMARTS) is 1. The van der Waals surface area contributed by atoms with E-state index in [-0.39, 0.29) is 6.04 Å². The van der Waals surface area contributed by atoms with Gasteiger partial charge in [0.25, 0.3) is 0 Å². The molecule has 0 spiro atoms. The van der Waals surface area contributed by atoms with Crippen molar-refractivity contribution in [3.8, 4) is 0 Å². The maximum atomic E-state index is 11.6. The van der Waals surface area contributed by atoms with Crippen LogP contribution in [0.15, 0.2) is 0 Å². The second kappa shape index (κ2) is 6.23. The minimum absolute atomic E-state index is 0.0722. The zero-order chi connectivity index (χ0) is 13.7. The lowest BCUT2D eigenvalue weighted by Gasteiger charge is -2.17. The summed E-state index contributed by atoms with van der Waals surface area (Å²) in [5.74, 6) is -1.47. The number of rotatable bonds is 5. The molecular formula is C11H19N3O4. The lowest BCUT2D eigenvalue weighted by molar-refractivity contribution is -0.140. The maximum absolute atomic E-state index is 11.6. The molecule has 0 aromatic rings. The molecule has 3 amide bonds. The molecule has 1 fully saturated rings. The Morgan fingerprint density at radius 1 is 1.39 bits per heavy atom. The van der Waals surface area contributed by atoms with Gasteiger partial charge in [0.2, 0.25) is 5.91 Å². The topological polar surface area (TPSA) is 122 Å². The van der Waals surface area contributed by atoms with Gasteiger partial charge in [0.15, 0.2) is 0 Å². The minimum Gasteiger partial charge on any atom is -0.480 e. The second-order valence-electron chi connectivity index (χ2n) is 4.79. The van der Waals surface area contributed by atoms with Crippen molar-refractivity contribution in [2.45, 2.75) is 44.7 Å². The van der Waals surface area contributed by atoms with Crippen molar-refractivity contribution in [2.24, 2.45) is 11.7 Å². The normalized spacial score (nSPS) is 24.3. The highest BCUT2D eigenvalue weighted by Gasteiger charge is 2.26. The number of nitrogens with two attached hydrogens (primary N) is 1. The molecule has 1 aliphatic rings. The number of amides is 3. The number of carboxylic acids is 1. The highest BCUT2D eigenvalue weighted by atomic mass is 16.4. The summed E-state index contributed by atoms with van der Waals surface area (Å²) in [4.78, 5) is 33.0. The largest absolute Gasteiger partial charge is 0.480 e. The van der Waals surface area contributed by atoms with E-state index in [1.165, 1.54) is 0 Å². The third-order valence-corrected chi connectivity index (χ3v) is 3.04. The zero-order valence-corrected chi connectivity index (χ0v) is 10.3.